The highest BCUT2D eigenvalue weighted by Gasteiger charge is 2.36. The van der Waals surface area contributed by atoms with E-state index in [1.807, 2.05) is 19.3 Å². The number of rotatable bonds is 2. The van der Waals surface area contributed by atoms with E-state index in [4.69, 9.17) is 12.2 Å². The molecule has 0 unspecified atom stereocenters. The lowest BCUT2D eigenvalue weighted by Gasteiger charge is -2.29. The van der Waals surface area contributed by atoms with Gasteiger partial charge in [0.05, 0.1) is 6.20 Å². The summed E-state index contributed by atoms with van der Waals surface area (Å²) < 4.78 is 1.71. The van der Waals surface area contributed by atoms with Gasteiger partial charge in [0, 0.05) is 24.8 Å². The van der Waals surface area contributed by atoms with E-state index < -0.39 is 0 Å². The molecule has 3 rings (SSSR count). The van der Waals surface area contributed by atoms with Crippen molar-refractivity contribution >= 4 is 29.3 Å². The fourth-order valence-electron chi connectivity index (χ4n) is 2.90. The molecule has 1 aromatic heterocycles. The van der Waals surface area contributed by atoms with E-state index >= 15 is 0 Å². The lowest BCUT2D eigenvalue weighted by atomic mass is 9.94. The number of hydrogen-bond donors (Lipinski definition) is 1. The van der Waals surface area contributed by atoms with Crippen molar-refractivity contribution in [1.29, 1.82) is 0 Å². The monoisotopic (exact) mass is 290 g/mol. The number of nitrogens with one attached hydrogen (secondary N) is 1. The fourth-order valence-corrected chi connectivity index (χ4v) is 3.24. The van der Waals surface area contributed by atoms with E-state index in [0.717, 1.165) is 18.4 Å². The maximum absolute atomic E-state index is 12.5. The number of aryl methyl sites for hydroxylation is 1. The molecular weight excluding hydrogens is 272 g/mol. The van der Waals surface area contributed by atoms with Crippen LogP contribution in [-0.2, 0) is 11.8 Å². The third-order valence-corrected chi connectivity index (χ3v) is 4.18. The second kappa shape index (κ2) is 5.36. The Hall–Kier alpha value is -1.69. The summed E-state index contributed by atoms with van der Waals surface area (Å²) >= 11 is 5.33. The number of carbonyl (C=O) groups is 1. The average molecular weight is 290 g/mol. The molecule has 20 heavy (non-hydrogen) atoms. The zero-order chi connectivity index (χ0) is 14.1. The smallest absolute Gasteiger partial charge is 0.276 e. The maximum Gasteiger partial charge on any atom is 0.276 e. The molecule has 6 heteroatoms. The molecule has 0 atom stereocenters. The van der Waals surface area contributed by atoms with Gasteiger partial charge in [0.15, 0.2) is 5.11 Å². The first-order chi connectivity index (χ1) is 9.65. The summed E-state index contributed by atoms with van der Waals surface area (Å²) in [5.41, 5.74) is 1.45. The van der Waals surface area contributed by atoms with Crippen molar-refractivity contribution in [1.82, 2.24) is 20.0 Å². The lowest BCUT2D eigenvalue weighted by Crippen LogP contribution is -2.41. The summed E-state index contributed by atoms with van der Waals surface area (Å²) in [5.74, 6) is -0.00856. The van der Waals surface area contributed by atoms with Crippen LogP contribution < -0.4 is 5.32 Å². The molecule has 0 aromatic carbocycles. The normalized spacial score (nSPS) is 22.6. The molecule has 1 aliphatic carbocycles. The Labute approximate surface area is 123 Å². The van der Waals surface area contributed by atoms with Gasteiger partial charge in [-0.2, -0.15) is 5.10 Å². The highest BCUT2D eigenvalue weighted by atomic mass is 32.1. The molecule has 1 saturated heterocycles. The van der Waals surface area contributed by atoms with E-state index in [9.17, 15) is 4.79 Å². The minimum atomic E-state index is -0.00856. The number of carbonyl (C=O) groups excluding carboxylic acids is 1. The third kappa shape index (κ3) is 2.47. The molecule has 1 aromatic rings. The Morgan fingerprint density at radius 1 is 1.40 bits per heavy atom. The van der Waals surface area contributed by atoms with Crippen LogP contribution in [0.15, 0.2) is 18.1 Å². The molecule has 2 heterocycles. The van der Waals surface area contributed by atoms with E-state index in [1.165, 1.54) is 19.3 Å². The fraction of sp³-hybridized carbons (Fsp3) is 0.500. The Balaban J connectivity index is 1.81. The predicted octanol–water partition coefficient (Wildman–Crippen LogP) is 1.81. The standard InChI is InChI=1S/C14H18N4OS/c1-17-9-10(8-15-17)7-12-13(19)18(14(20)16-12)11-5-3-2-4-6-11/h7-9,11H,2-6H2,1H3,(H,16,20)/b12-7+. The van der Waals surface area contributed by atoms with Crippen molar-refractivity contribution in [2.45, 2.75) is 38.1 Å². The Morgan fingerprint density at radius 3 is 2.80 bits per heavy atom. The lowest BCUT2D eigenvalue weighted by molar-refractivity contribution is -0.124. The van der Waals surface area contributed by atoms with Gasteiger partial charge in [-0.25, -0.2) is 0 Å². The number of aromatic nitrogens is 2. The van der Waals surface area contributed by atoms with Crippen molar-refractivity contribution in [3.63, 3.8) is 0 Å². The van der Waals surface area contributed by atoms with Gasteiger partial charge < -0.3 is 5.32 Å². The maximum atomic E-state index is 12.5. The van der Waals surface area contributed by atoms with Crippen LogP contribution in [0.1, 0.15) is 37.7 Å². The van der Waals surface area contributed by atoms with Crippen LogP contribution in [0, 0.1) is 0 Å². The zero-order valence-electron chi connectivity index (χ0n) is 11.5. The third-order valence-electron chi connectivity index (χ3n) is 3.89. The summed E-state index contributed by atoms with van der Waals surface area (Å²) in [6.07, 6.45) is 11.1. The Morgan fingerprint density at radius 2 is 2.15 bits per heavy atom. The van der Waals surface area contributed by atoms with Crippen molar-refractivity contribution in [2.24, 2.45) is 7.05 Å². The number of nitrogens with zero attached hydrogens (tertiary/aromatic N) is 3. The molecule has 1 saturated carbocycles. The van der Waals surface area contributed by atoms with Gasteiger partial charge in [-0.15, -0.1) is 0 Å². The molecule has 1 amide bonds. The van der Waals surface area contributed by atoms with Gasteiger partial charge in [0.25, 0.3) is 5.91 Å². The van der Waals surface area contributed by atoms with Gasteiger partial charge in [-0.1, -0.05) is 19.3 Å². The van der Waals surface area contributed by atoms with E-state index in [1.54, 1.807) is 15.8 Å². The molecule has 1 aliphatic heterocycles. The molecule has 0 bridgehead atoms. The van der Waals surface area contributed by atoms with Crippen LogP contribution in [-0.4, -0.2) is 31.7 Å². The van der Waals surface area contributed by atoms with Crippen LogP contribution in [0.25, 0.3) is 6.08 Å². The van der Waals surface area contributed by atoms with Crippen LogP contribution in [0.3, 0.4) is 0 Å². The highest BCUT2D eigenvalue weighted by Crippen LogP contribution is 2.26. The Kier molecular flexibility index (Phi) is 3.56. The van der Waals surface area contributed by atoms with E-state index in [-0.39, 0.29) is 11.9 Å². The highest BCUT2D eigenvalue weighted by molar-refractivity contribution is 7.80. The summed E-state index contributed by atoms with van der Waals surface area (Å²) in [5, 5.41) is 7.68. The first-order valence-corrected chi connectivity index (χ1v) is 7.41. The quantitative estimate of drug-likeness (QED) is 0.667. The summed E-state index contributed by atoms with van der Waals surface area (Å²) in [6, 6.07) is 0.260. The molecule has 0 spiro atoms. The zero-order valence-corrected chi connectivity index (χ0v) is 12.3. The summed E-state index contributed by atoms with van der Waals surface area (Å²) in [7, 11) is 1.85. The van der Waals surface area contributed by atoms with Crippen molar-refractivity contribution in [2.75, 3.05) is 0 Å². The molecule has 0 radical (unpaired) electrons. The summed E-state index contributed by atoms with van der Waals surface area (Å²) in [6.45, 7) is 0. The number of hydrogen-bond acceptors (Lipinski definition) is 3. The minimum absolute atomic E-state index is 0.00856. The number of thiocarbonyl (C=S) groups is 1. The largest absolute Gasteiger partial charge is 0.328 e. The van der Waals surface area contributed by atoms with Crippen molar-refractivity contribution in [3.8, 4) is 0 Å². The second-order valence-corrected chi connectivity index (χ2v) is 5.79. The summed E-state index contributed by atoms with van der Waals surface area (Å²) in [4.78, 5) is 14.3. The molecule has 5 nitrogen and oxygen atoms in total. The first-order valence-electron chi connectivity index (χ1n) is 7.00. The molecule has 2 fully saturated rings. The van der Waals surface area contributed by atoms with E-state index in [2.05, 4.69) is 10.4 Å². The van der Waals surface area contributed by atoms with Gasteiger partial charge in [-0.05, 0) is 31.1 Å². The van der Waals surface area contributed by atoms with Gasteiger partial charge >= 0.3 is 0 Å². The van der Waals surface area contributed by atoms with Crippen LogP contribution in [0.5, 0.6) is 0 Å². The Bertz CT molecular complexity index is 571. The van der Waals surface area contributed by atoms with E-state index in [0.29, 0.717) is 10.8 Å². The van der Waals surface area contributed by atoms with Crippen LogP contribution >= 0.6 is 12.2 Å². The topological polar surface area (TPSA) is 50.2 Å². The van der Waals surface area contributed by atoms with Gasteiger partial charge in [-0.3, -0.25) is 14.4 Å². The van der Waals surface area contributed by atoms with Crippen molar-refractivity contribution in [3.05, 3.63) is 23.7 Å². The average Bonchev–Trinajstić information content (AvgIpc) is 2.96. The van der Waals surface area contributed by atoms with Crippen LogP contribution in [0.2, 0.25) is 0 Å². The molecular formula is C14H18N4OS. The van der Waals surface area contributed by atoms with Gasteiger partial charge in [0.2, 0.25) is 0 Å². The van der Waals surface area contributed by atoms with Gasteiger partial charge in [0.1, 0.15) is 5.70 Å². The van der Waals surface area contributed by atoms with Crippen molar-refractivity contribution < 1.29 is 4.79 Å². The first kappa shape index (κ1) is 13.3. The second-order valence-electron chi connectivity index (χ2n) is 5.40. The van der Waals surface area contributed by atoms with Crippen LogP contribution in [0.4, 0.5) is 0 Å². The predicted molar refractivity (Wildman–Crippen MR) is 80.6 cm³/mol. The minimum Gasteiger partial charge on any atom is -0.328 e. The molecule has 1 N–H and O–H groups in total. The SMILES string of the molecule is Cn1cc(/C=C2/NC(=S)N(C3CCCCC3)C2=O)cn1. The molecule has 2 aliphatic rings. The number of amides is 1. The molecule has 106 valence electrons.